The summed E-state index contributed by atoms with van der Waals surface area (Å²) in [6.07, 6.45) is 2.98. The average molecular weight is 290 g/mol. The SMILES string of the molecule is CC(C)Oc1ccc(CNCCCN2CCCC2=O)cc1. The number of nitrogens with one attached hydrogen (secondary N) is 1. The summed E-state index contributed by atoms with van der Waals surface area (Å²) in [6.45, 7) is 7.67. The van der Waals surface area contributed by atoms with Crippen LogP contribution in [0.1, 0.15) is 38.7 Å². The topological polar surface area (TPSA) is 41.6 Å². The minimum atomic E-state index is 0.210. The lowest BCUT2D eigenvalue weighted by molar-refractivity contribution is -0.127. The van der Waals surface area contributed by atoms with Crippen molar-refractivity contribution in [3.8, 4) is 5.75 Å². The Bertz CT molecular complexity index is 443. The van der Waals surface area contributed by atoms with Crippen LogP contribution >= 0.6 is 0 Å². The van der Waals surface area contributed by atoms with E-state index in [2.05, 4.69) is 17.4 Å². The number of benzene rings is 1. The van der Waals surface area contributed by atoms with Gasteiger partial charge >= 0.3 is 0 Å². The Morgan fingerprint density at radius 3 is 2.67 bits per heavy atom. The zero-order valence-corrected chi connectivity index (χ0v) is 13.1. The number of ether oxygens (including phenoxy) is 1. The lowest BCUT2D eigenvalue weighted by Crippen LogP contribution is -2.28. The van der Waals surface area contributed by atoms with Crippen molar-refractivity contribution in [1.82, 2.24) is 10.2 Å². The summed E-state index contributed by atoms with van der Waals surface area (Å²) in [5.41, 5.74) is 1.25. The standard InChI is InChI=1S/C17H26N2O2/c1-14(2)21-16-8-6-15(7-9-16)13-18-10-4-12-19-11-3-5-17(19)20/h6-9,14,18H,3-5,10-13H2,1-2H3. The fourth-order valence-electron chi connectivity index (χ4n) is 2.53. The van der Waals surface area contributed by atoms with Gasteiger partial charge in [-0.15, -0.1) is 0 Å². The van der Waals surface area contributed by atoms with Gasteiger partial charge in [0.15, 0.2) is 0 Å². The van der Waals surface area contributed by atoms with E-state index >= 15 is 0 Å². The Balaban J connectivity index is 1.61. The molecule has 0 saturated carbocycles. The summed E-state index contributed by atoms with van der Waals surface area (Å²) in [6, 6.07) is 8.21. The van der Waals surface area contributed by atoms with Crippen molar-refractivity contribution in [2.45, 2.75) is 45.8 Å². The van der Waals surface area contributed by atoms with E-state index in [-0.39, 0.29) is 6.10 Å². The zero-order valence-electron chi connectivity index (χ0n) is 13.1. The molecule has 1 aliphatic heterocycles. The van der Waals surface area contributed by atoms with Crippen LogP contribution < -0.4 is 10.1 Å². The Morgan fingerprint density at radius 1 is 1.29 bits per heavy atom. The monoisotopic (exact) mass is 290 g/mol. The van der Waals surface area contributed by atoms with Crippen LogP contribution in [0.2, 0.25) is 0 Å². The van der Waals surface area contributed by atoms with E-state index in [4.69, 9.17) is 4.74 Å². The molecule has 0 bridgehead atoms. The van der Waals surface area contributed by atoms with Gasteiger partial charge in [0.05, 0.1) is 6.10 Å². The first-order valence-corrected chi connectivity index (χ1v) is 7.89. The van der Waals surface area contributed by atoms with Gasteiger partial charge in [0.2, 0.25) is 5.91 Å². The Morgan fingerprint density at radius 2 is 2.05 bits per heavy atom. The van der Waals surface area contributed by atoms with E-state index in [0.717, 1.165) is 51.2 Å². The number of hydrogen-bond acceptors (Lipinski definition) is 3. The van der Waals surface area contributed by atoms with Crippen LogP contribution in [0.3, 0.4) is 0 Å². The van der Waals surface area contributed by atoms with Crippen LogP contribution in [0.5, 0.6) is 5.75 Å². The number of carbonyl (C=O) groups excluding carboxylic acids is 1. The van der Waals surface area contributed by atoms with Gasteiger partial charge in [-0.1, -0.05) is 12.1 Å². The van der Waals surface area contributed by atoms with Gasteiger partial charge in [-0.2, -0.15) is 0 Å². The van der Waals surface area contributed by atoms with Crippen LogP contribution in [0.4, 0.5) is 0 Å². The normalized spacial score (nSPS) is 15.0. The first kappa shape index (κ1) is 15.8. The summed E-state index contributed by atoms with van der Waals surface area (Å²) >= 11 is 0. The maximum absolute atomic E-state index is 11.5. The van der Waals surface area contributed by atoms with Gasteiger partial charge in [-0.3, -0.25) is 4.79 Å². The summed E-state index contributed by atoms with van der Waals surface area (Å²) in [7, 11) is 0. The highest BCUT2D eigenvalue weighted by Crippen LogP contribution is 2.13. The van der Waals surface area contributed by atoms with E-state index < -0.39 is 0 Å². The fourth-order valence-corrected chi connectivity index (χ4v) is 2.53. The van der Waals surface area contributed by atoms with Gasteiger partial charge in [-0.05, 0) is 50.9 Å². The lowest BCUT2D eigenvalue weighted by atomic mass is 10.2. The van der Waals surface area contributed by atoms with E-state index in [1.54, 1.807) is 0 Å². The second-order valence-corrected chi connectivity index (χ2v) is 5.83. The Hall–Kier alpha value is -1.55. The smallest absolute Gasteiger partial charge is 0.222 e. The van der Waals surface area contributed by atoms with Crippen LogP contribution in [0.25, 0.3) is 0 Å². The molecule has 1 aromatic rings. The number of nitrogens with zero attached hydrogens (tertiary/aromatic N) is 1. The van der Waals surface area contributed by atoms with Gasteiger partial charge < -0.3 is 15.0 Å². The van der Waals surface area contributed by atoms with Crippen LogP contribution in [0, 0.1) is 0 Å². The third kappa shape index (κ3) is 5.38. The first-order valence-electron chi connectivity index (χ1n) is 7.89. The van der Waals surface area contributed by atoms with E-state index in [1.165, 1.54) is 5.56 Å². The average Bonchev–Trinajstić information content (AvgIpc) is 2.85. The molecule has 0 unspecified atom stereocenters. The van der Waals surface area contributed by atoms with E-state index in [9.17, 15) is 4.79 Å². The highest BCUT2D eigenvalue weighted by Gasteiger charge is 2.18. The Labute approximate surface area is 127 Å². The van der Waals surface area contributed by atoms with Gasteiger partial charge in [0.25, 0.3) is 0 Å². The number of hydrogen-bond donors (Lipinski definition) is 1. The van der Waals surface area contributed by atoms with Crippen molar-refractivity contribution in [1.29, 1.82) is 0 Å². The second kappa shape index (κ2) is 8.03. The molecular weight excluding hydrogens is 264 g/mol. The molecule has 21 heavy (non-hydrogen) atoms. The molecule has 0 atom stereocenters. The summed E-state index contributed by atoms with van der Waals surface area (Å²) < 4.78 is 5.62. The highest BCUT2D eigenvalue weighted by atomic mass is 16.5. The minimum absolute atomic E-state index is 0.210. The molecule has 2 rings (SSSR count). The molecule has 0 spiro atoms. The molecule has 1 amide bonds. The second-order valence-electron chi connectivity index (χ2n) is 5.83. The maximum Gasteiger partial charge on any atom is 0.222 e. The molecule has 1 N–H and O–H groups in total. The van der Waals surface area contributed by atoms with Gasteiger partial charge in [0, 0.05) is 26.1 Å². The molecule has 0 aliphatic carbocycles. The number of likely N-dealkylation sites (tertiary alicyclic amines) is 1. The molecule has 0 radical (unpaired) electrons. The molecule has 1 aliphatic rings. The third-order valence-electron chi connectivity index (χ3n) is 3.58. The number of carbonyl (C=O) groups is 1. The summed E-state index contributed by atoms with van der Waals surface area (Å²) in [5.74, 6) is 1.23. The fraction of sp³-hybridized carbons (Fsp3) is 0.588. The minimum Gasteiger partial charge on any atom is -0.491 e. The Kier molecular flexibility index (Phi) is 6.05. The van der Waals surface area contributed by atoms with Gasteiger partial charge in [-0.25, -0.2) is 0 Å². The van der Waals surface area contributed by atoms with Crippen molar-refractivity contribution in [3.63, 3.8) is 0 Å². The first-order chi connectivity index (χ1) is 10.1. The molecule has 4 nitrogen and oxygen atoms in total. The summed E-state index contributed by atoms with van der Waals surface area (Å²) in [4.78, 5) is 13.4. The molecule has 1 aromatic carbocycles. The number of rotatable bonds is 8. The van der Waals surface area contributed by atoms with E-state index in [0.29, 0.717) is 5.91 Å². The van der Waals surface area contributed by atoms with Crippen molar-refractivity contribution >= 4 is 5.91 Å². The third-order valence-corrected chi connectivity index (χ3v) is 3.58. The quantitative estimate of drug-likeness (QED) is 0.748. The summed E-state index contributed by atoms with van der Waals surface area (Å²) in [5, 5.41) is 3.42. The number of amides is 1. The van der Waals surface area contributed by atoms with Crippen LogP contribution in [-0.4, -0.2) is 36.5 Å². The highest BCUT2D eigenvalue weighted by molar-refractivity contribution is 5.77. The molecular formula is C17H26N2O2. The van der Waals surface area contributed by atoms with Crippen molar-refractivity contribution < 1.29 is 9.53 Å². The molecule has 116 valence electrons. The molecule has 1 fully saturated rings. The predicted octanol–water partition coefficient (Wildman–Crippen LogP) is 2.58. The van der Waals surface area contributed by atoms with E-state index in [1.807, 2.05) is 30.9 Å². The molecule has 0 aromatic heterocycles. The van der Waals surface area contributed by atoms with Crippen molar-refractivity contribution in [2.75, 3.05) is 19.6 Å². The van der Waals surface area contributed by atoms with Crippen LogP contribution in [0.15, 0.2) is 24.3 Å². The molecule has 1 heterocycles. The van der Waals surface area contributed by atoms with Crippen LogP contribution in [-0.2, 0) is 11.3 Å². The zero-order chi connectivity index (χ0) is 15.1. The molecule has 1 saturated heterocycles. The predicted molar refractivity (Wildman–Crippen MR) is 84.3 cm³/mol. The van der Waals surface area contributed by atoms with Gasteiger partial charge in [0.1, 0.15) is 5.75 Å². The van der Waals surface area contributed by atoms with Crippen molar-refractivity contribution in [2.24, 2.45) is 0 Å². The largest absolute Gasteiger partial charge is 0.491 e. The lowest BCUT2D eigenvalue weighted by Gasteiger charge is -2.15. The maximum atomic E-state index is 11.5. The van der Waals surface area contributed by atoms with Crippen molar-refractivity contribution in [3.05, 3.63) is 29.8 Å². The molecule has 4 heteroatoms.